The molecule has 0 aliphatic rings. The highest BCUT2D eigenvalue weighted by Crippen LogP contribution is 2.41. The molecule has 0 saturated heterocycles. The van der Waals surface area contributed by atoms with Gasteiger partial charge in [0.2, 0.25) is 0 Å². The zero-order valence-corrected chi connectivity index (χ0v) is 14.5. The zero-order chi connectivity index (χ0) is 17.2. The minimum atomic E-state index is 0.513. The van der Waals surface area contributed by atoms with Crippen molar-refractivity contribution in [1.82, 2.24) is 0 Å². The number of halogens is 1. The van der Waals surface area contributed by atoms with Gasteiger partial charge in [-0.1, -0.05) is 78.9 Å². The van der Waals surface area contributed by atoms with Gasteiger partial charge in [0.25, 0.3) is 0 Å². The molecule has 0 unspecified atom stereocenters. The van der Waals surface area contributed by atoms with Crippen molar-refractivity contribution in [3.63, 3.8) is 0 Å². The first kappa shape index (κ1) is 15.7. The number of nitrogen functional groups attached to an aromatic ring is 1. The summed E-state index contributed by atoms with van der Waals surface area (Å²) in [5.74, 6) is 0.513. The molecule has 122 valence electrons. The molecule has 2 N–H and O–H groups in total. The number of nitrogens with two attached hydrogens (primary N) is 1. The highest BCUT2D eigenvalue weighted by molar-refractivity contribution is 6.17. The van der Waals surface area contributed by atoms with Crippen molar-refractivity contribution in [2.45, 2.75) is 5.88 Å². The van der Waals surface area contributed by atoms with Gasteiger partial charge < -0.3 is 5.73 Å². The Hall–Kier alpha value is -2.77. The number of fused-ring (bicyclic) bond motifs is 1. The Bertz CT molecular complexity index is 1020. The second-order valence-corrected chi connectivity index (χ2v) is 6.40. The summed E-state index contributed by atoms with van der Waals surface area (Å²) in [5, 5.41) is 2.23. The first-order valence-corrected chi connectivity index (χ1v) is 8.83. The molecule has 0 heterocycles. The Labute approximate surface area is 152 Å². The SMILES string of the molecule is Nc1c(-c2ccc(CCl)cc2)c(-c2ccccc2)cc2ccccc12. The number of alkyl halides is 1. The van der Waals surface area contributed by atoms with Crippen molar-refractivity contribution in [2.24, 2.45) is 0 Å². The lowest BCUT2D eigenvalue weighted by molar-refractivity contribution is 1.40. The van der Waals surface area contributed by atoms with E-state index >= 15 is 0 Å². The standard InChI is InChI=1S/C23H18ClN/c24-15-16-10-12-18(13-11-16)22-21(17-6-2-1-3-7-17)14-19-8-4-5-9-20(19)23(22)25/h1-14H,15,25H2. The van der Waals surface area contributed by atoms with Crippen molar-refractivity contribution < 1.29 is 0 Å². The molecule has 0 aliphatic heterocycles. The summed E-state index contributed by atoms with van der Waals surface area (Å²) < 4.78 is 0. The Kier molecular flexibility index (Phi) is 4.17. The van der Waals surface area contributed by atoms with E-state index in [1.807, 2.05) is 18.2 Å². The number of hydrogen-bond acceptors (Lipinski definition) is 1. The van der Waals surface area contributed by atoms with Crippen LogP contribution in [0.1, 0.15) is 5.56 Å². The average Bonchev–Trinajstić information content (AvgIpc) is 2.69. The maximum Gasteiger partial charge on any atom is 0.0479 e. The summed E-state index contributed by atoms with van der Waals surface area (Å²) in [4.78, 5) is 0. The van der Waals surface area contributed by atoms with Crippen LogP contribution in [0.15, 0.2) is 84.9 Å². The van der Waals surface area contributed by atoms with Gasteiger partial charge in [-0.15, -0.1) is 11.6 Å². The molecule has 0 saturated carbocycles. The van der Waals surface area contributed by atoms with Crippen LogP contribution in [0.3, 0.4) is 0 Å². The summed E-state index contributed by atoms with van der Waals surface area (Å²) in [6, 6.07) is 29.2. The third-order valence-corrected chi connectivity index (χ3v) is 4.88. The van der Waals surface area contributed by atoms with Crippen LogP contribution in [0.25, 0.3) is 33.0 Å². The molecular weight excluding hydrogens is 326 g/mol. The van der Waals surface area contributed by atoms with Crippen LogP contribution in [0.5, 0.6) is 0 Å². The van der Waals surface area contributed by atoms with E-state index in [0.717, 1.165) is 44.3 Å². The third kappa shape index (κ3) is 2.88. The Morgan fingerprint density at radius 1 is 0.720 bits per heavy atom. The minimum absolute atomic E-state index is 0.513. The lowest BCUT2D eigenvalue weighted by Gasteiger charge is -2.16. The largest absolute Gasteiger partial charge is 0.398 e. The van der Waals surface area contributed by atoms with E-state index in [4.69, 9.17) is 17.3 Å². The van der Waals surface area contributed by atoms with Crippen molar-refractivity contribution in [3.05, 3.63) is 90.5 Å². The fourth-order valence-electron chi connectivity index (χ4n) is 3.29. The summed E-state index contributed by atoms with van der Waals surface area (Å²) in [7, 11) is 0. The molecule has 4 aromatic rings. The van der Waals surface area contributed by atoms with Gasteiger partial charge in [0.05, 0.1) is 0 Å². The molecule has 4 aromatic carbocycles. The first-order valence-electron chi connectivity index (χ1n) is 8.30. The van der Waals surface area contributed by atoms with Gasteiger partial charge in [-0.25, -0.2) is 0 Å². The predicted octanol–water partition coefficient (Wildman–Crippen LogP) is 6.49. The lowest BCUT2D eigenvalue weighted by Crippen LogP contribution is -1.96. The van der Waals surface area contributed by atoms with Crippen LogP contribution in [0.2, 0.25) is 0 Å². The normalized spacial score (nSPS) is 10.9. The van der Waals surface area contributed by atoms with Gasteiger partial charge in [-0.2, -0.15) is 0 Å². The fourth-order valence-corrected chi connectivity index (χ4v) is 3.47. The van der Waals surface area contributed by atoms with Crippen molar-refractivity contribution >= 4 is 28.1 Å². The van der Waals surface area contributed by atoms with Crippen molar-refractivity contribution in [3.8, 4) is 22.3 Å². The van der Waals surface area contributed by atoms with E-state index in [9.17, 15) is 0 Å². The van der Waals surface area contributed by atoms with Crippen molar-refractivity contribution in [2.75, 3.05) is 5.73 Å². The number of hydrogen-bond donors (Lipinski definition) is 1. The molecule has 0 aromatic heterocycles. The Morgan fingerprint density at radius 3 is 2.12 bits per heavy atom. The molecule has 0 aliphatic carbocycles. The van der Waals surface area contributed by atoms with Crippen LogP contribution < -0.4 is 5.73 Å². The molecule has 0 fully saturated rings. The van der Waals surface area contributed by atoms with Gasteiger partial charge in [0.15, 0.2) is 0 Å². The van der Waals surface area contributed by atoms with Gasteiger partial charge in [-0.3, -0.25) is 0 Å². The maximum atomic E-state index is 6.63. The van der Waals surface area contributed by atoms with Crippen molar-refractivity contribution in [1.29, 1.82) is 0 Å². The van der Waals surface area contributed by atoms with Crippen LogP contribution in [-0.4, -0.2) is 0 Å². The number of benzene rings is 4. The summed E-state index contributed by atoms with van der Waals surface area (Å²) >= 11 is 5.94. The zero-order valence-electron chi connectivity index (χ0n) is 13.7. The molecule has 0 bridgehead atoms. The summed E-state index contributed by atoms with van der Waals surface area (Å²) in [6.45, 7) is 0. The topological polar surface area (TPSA) is 26.0 Å². The number of anilines is 1. The second-order valence-electron chi connectivity index (χ2n) is 6.13. The fraction of sp³-hybridized carbons (Fsp3) is 0.0435. The van der Waals surface area contributed by atoms with Gasteiger partial charge in [0, 0.05) is 22.5 Å². The van der Waals surface area contributed by atoms with Crippen LogP contribution in [0, 0.1) is 0 Å². The number of rotatable bonds is 3. The lowest BCUT2D eigenvalue weighted by atomic mass is 9.89. The summed E-state index contributed by atoms with van der Waals surface area (Å²) in [5.41, 5.74) is 13.0. The first-order chi connectivity index (χ1) is 12.3. The molecule has 0 atom stereocenters. The van der Waals surface area contributed by atoms with Crippen LogP contribution >= 0.6 is 11.6 Å². The minimum Gasteiger partial charge on any atom is -0.398 e. The van der Waals surface area contributed by atoms with Gasteiger partial charge in [-0.05, 0) is 33.7 Å². The molecule has 2 heteroatoms. The highest BCUT2D eigenvalue weighted by Gasteiger charge is 2.14. The van der Waals surface area contributed by atoms with E-state index in [2.05, 4.69) is 66.7 Å². The monoisotopic (exact) mass is 343 g/mol. The van der Waals surface area contributed by atoms with E-state index in [1.54, 1.807) is 0 Å². The Morgan fingerprint density at radius 2 is 1.40 bits per heavy atom. The third-order valence-electron chi connectivity index (χ3n) is 4.57. The molecule has 0 radical (unpaired) electrons. The average molecular weight is 344 g/mol. The van der Waals surface area contributed by atoms with Crippen LogP contribution in [-0.2, 0) is 5.88 Å². The van der Waals surface area contributed by atoms with Gasteiger partial charge in [0.1, 0.15) is 0 Å². The predicted molar refractivity (Wildman–Crippen MR) is 109 cm³/mol. The Balaban J connectivity index is 2.04. The molecule has 25 heavy (non-hydrogen) atoms. The van der Waals surface area contributed by atoms with E-state index < -0.39 is 0 Å². The molecule has 0 spiro atoms. The van der Waals surface area contributed by atoms with E-state index in [1.165, 1.54) is 0 Å². The van der Waals surface area contributed by atoms with E-state index in [0.29, 0.717) is 5.88 Å². The summed E-state index contributed by atoms with van der Waals surface area (Å²) in [6.07, 6.45) is 0. The molecule has 4 rings (SSSR count). The molecular formula is C23H18ClN. The maximum absolute atomic E-state index is 6.63. The smallest absolute Gasteiger partial charge is 0.0479 e. The molecule has 1 nitrogen and oxygen atoms in total. The van der Waals surface area contributed by atoms with E-state index in [-0.39, 0.29) is 0 Å². The van der Waals surface area contributed by atoms with Crippen LogP contribution in [0.4, 0.5) is 5.69 Å². The second kappa shape index (κ2) is 6.62. The van der Waals surface area contributed by atoms with Gasteiger partial charge >= 0.3 is 0 Å². The molecule has 0 amide bonds. The quantitative estimate of drug-likeness (QED) is 0.333. The highest BCUT2D eigenvalue weighted by atomic mass is 35.5.